The van der Waals surface area contributed by atoms with Gasteiger partial charge < -0.3 is 19.3 Å². The van der Waals surface area contributed by atoms with Gasteiger partial charge in [0, 0.05) is 46.2 Å². The number of carbonyl (C=O) groups is 2. The first-order chi connectivity index (χ1) is 12.9. The van der Waals surface area contributed by atoms with Crippen LogP contribution in [-0.2, 0) is 19.7 Å². The van der Waals surface area contributed by atoms with Crippen LogP contribution in [0.5, 0.6) is 0 Å². The molecule has 3 aliphatic rings. The average molecular weight is 376 g/mol. The summed E-state index contributed by atoms with van der Waals surface area (Å²) in [5.41, 5.74) is -0.287. The van der Waals surface area contributed by atoms with Crippen LogP contribution in [0.2, 0.25) is 0 Å². The Morgan fingerprint density at radius 2 is 1.70 bits per heavy atom. The average Bonchev–Trinajstić information content (AvgIpc) is 2.96. The highest BCUT2D eigenvalue weighted by Crippen LogP contribution is 2.39. The highest BCUT2D eigenvalue weighted by atomic mass is 19.1. The van der Waals surface area contributed by atoms with E-state index in [9.17, 15) is 14.0 Å². The monoisotopic (exact) mass is 376 g/mol. The molecule has 0 bridgehead atoms. The van der Waals surface area contributed by atoms with E-state index >= 15 is 0 Å². The molecule has 1 aromatic carbocycles. The smallest absolute Gasteiger partial charge is 0.410 e. The van der Waals surface area contributed by atoms with Crippen LogP contribution in [0.4, 0.5) is 9.18 Å². The molecule has 27 heavy (non-hydrogen) atoms. The molecule has 7 heteroatoms. The Balaban J connectivity index is 1.53. The van der Waals surface area contributed by atoms with E-state index in [0.717, 1.165) is 5.56 Å². The molecule has 3 aliphatic heterocycles. The van der Waals surface area contributed by atoms with Crippen LogP contribution in [0.3, 0.4) is 0 Å². The molecular weight excluding hydrogens is 351 g/mol. The van der Waals surface area contributed by atoms with Gasteiger partial charge in [-0.1, -0.05) is 12.1 Å². The minimum Gasteiger partial charge on any atom is -0.441 e. The fourth-order valence-electron chi connectivity index (χ4n) is 4.59. The zero-order chi connectivity index (χ0) is 19.1. The number of likely N-dealkylation sites (tertiary alicyclic amines) is 1. The predicted octanol–water partition coefficient (Wildman–Crippen LogP) is 2.32. The van der Waals surface area contributed by atoms with Crippen LogP contribution in [0.25, 0.3) is 0 Å². The lowest BCUT2D eigenvalue weighted by Crippen LogP contribution is -2.55. The van der Waals surface area contributed by atoms with Crippen molar-refractivity contribution in [3.63, 3.8) is 0 Å². The van der Waals surface area contributed by atoms with E-state index in [1.165, 1.54) is 12.1 Å². The summed E-state index contributed by atoms with van der Waals surface area (Å²) in [6, 6.07) is 6.27. The topological polar surface area (TPSA) is 59.1 Å². The molecule has 6 nitrogen and oxygen atoms in total. The van der Waals surface area contributed by atoms with Gasteiger partial charge in [0.1, 0.15) is 11.4 Å². The lowest BCUT2D eigenvalue weighted by molar-refractivity contribution is -0.144. The molecule has 1 spiro atoms. The summed E-state index contributed by atoms with van der Waals surface area (Å²) in [6.07, 6.45) is 2.19. The van der Waals surface area contributed by atoms with Crippen LogP contribution in [0.1, 0.15) is 31.2 Å². The molecule has 4 rings (SSSR count). The van der Waals surface area contributed by atoms with E-state index < -0.39 is 11.0 Å². The van der Waals surface area contributed by atoms with Gasteiger partial charge in [0.25, 0.3) is 0 Å². The van der Waals surface area contributed by atoms with E-state index in [0.29, 0.717) is 58.5 Å². The van der Waals surface area contributed by atoms with Crippen LogP contribution < -0.4 is 0 Å². The van der Waals surface area contributed by atoms with Gasteiger partial charge in [0.15, 0.2) is 0 Å². The molecule has 0 N–H and O–H groups in total. The normalized spacial score (nSPS) is 24.1. The summed E-state index contributed by atoms with van der Waals surface area (Å²) in [5.74, 6) is -0.231. The number of ether oxygens (including phenoxy) is 2. The number of likely N-dealkylation sites (N-methyl/N-ethyl adjacent to an activating group) is 1. The van der Waals surface area contributed by atoms with Gasteiger partial charge in [-0.25, -0.2) is 9.18 Å². The number of piperidine rings is 1. The number of halogens is 1. The largest absolute Gasteiger partial charge is 0.441 e. The fourth-order valence-corrected chi connectivity index (χ4v) is 4.59. The third kappa shape index (κ3) is 3.18. The van der Waals surface area contributed by atoms with Crippen molar-refractivity contribution in [2.24, 2.45) is 0 Å². The summed E-state index contributed by atoms with van der Waals surface area (Å²) in [5, 5.41) is 0. The Bertz CT molecular complexity index is 722. The highest BCUT2D eigenvalue weighted by molar-refractivity contribution is 5.88. The maximum atomic E-state index is 13.6. The summed E-state index contributed by atoms with van der Waals surface area (Å²) in [7, 11) is 1.74. The highest BCUT2D eigenvalue weighted by Gasteiger charge is 2.49. The minimum absolute atomic E-state index is 0.0740. The van der Waals surface area contributed by atoms with Crippen molar-refractivity contribution in [3.05, 3.63) is 35.6 Å². The van der Waals surface area contributed by atoms with E-state index in [-0.39, 0.29) is 17.8 Å². The first kappa shape index (κ1) is 18.2. The summed E-state index contributed by atoms with van der Waals surface area (Å²) < 4.78 is 24.5. The number of rotatable bonds is 2. The number of amides is 2. The molecular formula is C20H25FN2O4. The van der Waals surface area contributed by atoms with E-state index in [1.807, 2.05) is 4.90 Å². The number of carbonyl (C=O) groups excluding carboxylic acids is 2. The molecule has 0 aliphatic carbocycles. The van der Waals surface area contributed by atoms with Crippen molar-refractivity contribution in [3.8, 4) is 0 Å². The van der Waals surface area contributed by atoms with E-state index in [4.69, 9.17) is 9.47 Å². The van der Waals surface area contributed by atoms with Gasteiger partial charge in [-0.2, -0.15) is 0 Å². The Labute approximate surface area is 158 Å². The van der Waals surface area contributed by atoms with E-state index in [2.05, 4.69) is 0 Å². The molecule has 0 atom stereocenters. The number of hydrogen-bond donors (Lipinski definition) is 0. The lowest BCUT2D eigenvalue weighted by atomic mass is 9.72. The molecule has 3 saturated heterocycles. The van der Waals surface area contributed by atoms with Crippen molar-refractivity contribution in [1.82, 2.24) is 9.80 Å². The van der Waals surface area contributed by atoms with Gasteiger partial charge in [-0.15, -0.1) is 0 Å². The van der Waals surface area contributed by atoms with Gasteiger partial charge in [0.05, 0.1) is 12.0 Å². The zero-order valence-electron chi connectivity index (χ0n) is 15.6. The predicted molar refractivity (Wildman–Crippen MR) is 95.8 cm³/mol. The van der Waals surface area contributed by atoms with Crippen molar-refractivity contribution in [1.29, 1.82) is 0 Å². The van der Waals surface area contributed by atoms with Gasteiger partial charge >= 0.3 is 6.09 Å². The third-order valence-electron chi connectivity index (χ3n) is 6.26. The lowest BCUT2D eigenvalue weighted by Gasteiger charge is -2.44. The van der Waals surface area contributed by atoms with Crippen LogP contribution in [0.15, 0.2) is 24.3 Å². The van der Waals surface area contributed by atoms with Gasteiger partial charge in [0.2, 0.25) is 5.91 Å². The van der Waals surface area contributed by atoms with Crippen molar-refractivity contribution < 1.29 is 23.5 Å². The van der Waals surface area contributed by atoms with Crippen LogP contribution >= 0.6 is 0 Å². The summed E-state index contributed by atoms with van der Waals surface area (Å²) in [4.78, 5) is 28.8. The minimum atomic E-state index is -0.667. The first-order valence-electron chi connectivity index (χ1n) is 9.52. The number of nitrogens with zero attached hydrogens (tertiary/aromatic N) is 2. The molecule has 2 amide bonds. The molecule has 146 valence electrons. The summed E-state index contributed by atoms with van der Waals surface area (Å²) >= 11 is 0. The second-order valence-corrected chi connectivity index (χ2v) is 7.90. The Morgan fingerprint density at radius 1 is 1.07 bits per heavy atom. The molecule has 3 fully saturated rings. The van der Waals surface area contributed by atoms with E-state index in [1.54, 1.807) is 24.1 Å². The van der Waals surface area contributed by atoms with Crippen LogP contribution in [-0.4, -0.2) is 67.3 Å². The molecule has 0 unspecified atom stereocenters. The van der Waals surface area contributed by atoms with Crippen molar-refractivity contribution in [2.75, 3.05) is 39.9 Å². The van der Waals surface area contributed by atoms with Gasteiger partial charge in [-0.3, -0.25) is 4.79 Å². The maximum Gasteiger partial charge on any atom is 0.410 e. The number of benzene rings is 1. The van der Waals surface area contributed by atoms with Crippen molar-refractivity contribution >= 4 is 12.0 Å². The molecule has 0 saturated carbocycles. The summed E-state index contributed by atoms with van der Waals surface area (Å²) in [6.45, 7) is 2.73. The molecule has 1 aromatic rings. The zero-order valence-corrected chi connectivity index (χ0v) is 15.6. The maximum absolute atomic E-state index is 13.6. The standard InChI is InChI=1S/C20H25FN2O4/c1-22-14-19(27-18(22)25)6-10-23(11-7-19)17(24)20(8-12-26-13-9-20)15-2-4-16(21)5-3-15/h2-5H,6-14H2,1H3. The Kier molecular flexibility index (Phi) is 4.58. The van der Waals surface area contributed by atoms with Gasteiger partial charge in [-0.05, 0) is 30.5 Å². The fraction of sp³-hybridized carbons (Fsp3) is 0.600. The molecule has 0 radical (unpaired) electrons. The molecule has 0 aromatic heterocycles. The second-order valence-electron chi connectivity index (χ2n) is 7.90. The Hall–Kier alpha value is -2.15. The third-order valence-corrected chi connectivity index (χ3v) is 6.26. The van der Waals surface area contributed by atoms with Crippen molar-refractivity contribution in [2.45, 2.75) is 36.7 Å². The second kappa shape index (κ2) is 6.78. The first-order valence-corrected chi connectivity index (χ1v) is 9.52. The number of hydrogen-bond acceptors (Lipinski definition) is 4. The SMILES string of the molecule is CN1CC2(CCN(C(=O)C3(c4ccc(F)cc4)CCOCC3)CC2)OC1=O. The molecule has 3 heterocycles. The van der Waals surface area contributed by atoms with Crippen LogP contribution in [0, 0.1) is 5.82 Å². The Morgan fingerprint density at radius 3 is 2.26 bits per heavy atom. The quantitative estimate of drug-likeness (QED) is 0.795.